The Bertz CT molecular complexity index is 511. The van der Waals surface area contributed by atoms with Crippen molar-refractivity contribution in [1.82, 2.24) is 0 Å². The van der Waals surface area contributed by atoms with Crippen molar-refractivity contribution < 1.29 is 104 Å². The van der Waals surface area contributed by atoms with Gasteiger partial charge in [-0.05, 0) is 69.2 Å². The van der Waals surface area contributed by atoms with Gasteiger partial charge in [0, 0.05) is 0 Å². The SMILES string of the molecule is CC(O)COC(C)CO.CC(O)COC(C)CO.CC(O)COC(C)CO.CC(O)COC(C)CO.CC(O)COC(C)CO.OP(O)O.OP(O)O. The molecular weight excluding hydrogens is 758 g/mol. The Morgan fingerprint density at radius 3 is 0.453 bits per heavy atom. The normalized spacial score (nSPS) is 16.1. The van der Waals surface area contributed by atoms with E-state index in [9.17, 15) is 0 Å². The molecule has 21 nitrogen and oxygen atoms in total. The van der Waals surface area contributed by atoms with E-state index in [1.165, 1.54) is 0 Å². The van der Waals surface area contributed by atoms with Gasteiger partial charge in [-0.15, -0.1) is 0 Å². The van der Waals surface area contributed by atoms with Crippen LogP contribution in [-0.4, -0.2) is 208 Å². The Morgan fingerprint density at radius 1 is 0.302 bits per heavy atom. The predicted octanol–water partition coefficient (Wildman–Crippen LogP) is -2.80. The highest BCUT2D eigenvalue weighted by Crippen LogP contribution is 2.12. The quantitative estimate of drug-likeness (QED) is 0.0551. The van der Waals surface area contributed by atoms with E-state index >= 15 is 0 Å². The van der Waals surface area contributed by atoms with Crippen LogP contribution in [0.3, 0.4) is 0 Å². The summed E-state index contributed by atoms with van der Waals surface area (Å²) in [6, 6.07) is 0. The lowest BCUT2D eigenvalue weighted by Gasteiger charge is -2.10. The third-order valence-electron chi connectivity index (χ3n) is 4.40. The number of hydrogen-bond acceptors (Lipinski definition) is 21. The lowest BCUT2D eigenvalue weighted by atomic mass is 10.4. The molecule has 0 aliphatic rings. The van der Waals surface area contributed by atoms with Gasteiger partial charge in [0.25, 0.3) is 0 Å². The molecule has 0 heterocycles. The molecule has 10 unspecified atom stereocenters. The molecule has 0 aromatic rings. The molecule has 332 valence electrons. The third kappa shape index (κ3) is 106. The first-order valence-corrected chi connectivity index (χ1v) is 19.0. The van der Waals surface area contributed by atoms with Crippen molar-refractivity contribution in [1.29, 1.82) is 0 Å². The summed E-state index contributed by atoms with van der Waals surface area (Å²) in [7, 11) is -5.24. The number of ether oxygens (including phenoxy) is 5. The first-order valence-electron chi connectivity index (χ1n) is 16.6. The lowest BCUT2D eigenvalue weighted by molar-refractivity contribution is -0.0177. The predicted molar refractivity (Wildman–Crippen MR) is 198 cm³/mol. The van der Waals surface area contributed by atoms with Gasteiger partial charge in [-0.2, -0.15) is 0 Å². The highest BCUT2D eigenvalue weighted by Gasteiger charge is 2.04. The van der Waals surface area contributed by atoms with Crippen LogP contribution in [0.15, 0.2) is 0 Å². The highest BCUT2D eigenvalue weighted by atomic mass is 31.2. The first kappa shape index (κ1) is 67.7. The van der Waals surface area contributed by atoms with E-state index in [4.69, 9.17) is 104 Å². The number of aliphatic hydroxyl groups excluding tert-OH is 10. The fraction of sp³-hybridized carbons (Fsp3) is 1.00. The van der Waals surface area contributed by atoms with E-state index in [0.29, 0.717) is 33.0 Å². The number of rotatable bonds is 20. The van der Waals surface area contributed by atoms with Crippen LogP contribution < -0.4 is 0 Å². The van der Waals surface area contributed by atoms with Gasteiger partial charge in [0.15, 0.2) is 0 Å². The Balaban J connectivity index is -0.0000000949. The molecule has 0 fully saturated rings. The van der Waals surface area contributed by atoms with Gasteiger partial charge >= 0.3 is 17.2 Å². The average Bonchev–Trinajstić information content (AvgIpc) is 3.06. The highest BCUT2D eigenvalue weighted by molar-refractivity contribution is 7.38. The van der Waals surface area contributed by atoms with E-state index in [2.05, 4.69) is 0 Å². The molecule has 0 radical (unpaired) electrons. The molecule has 16 N–H and O–H groups in total. The second-order valence-corrected chi connectivity index (χ2v) is 12.5. The minimum atomic E-state index is -2.62. The summed E-state index contributed by atoms with van der Waals surface area (Å²) in [6.07, 6.45) is -3.06. The molecule has 0 amide bonds. The summed E-state index contributed by atoms with van der Waals surface area (Å²) in [5.41, 5.74) is 0. The van der Waals surface area contributed by atoms with E-state index < -0.39 is 47.7 Å². The van der Waals surface area contributed by atoms with Crippen LogP contribution in [0.1, 0.15) is 69.2 Å². The van der Waals surface area contributed by atoms with Gasteiger partial charge in [-0.25, -0.2) is 0 Å². The molecule has 23 heteroatoms. The summed E-state index contributed by atoms with van der Waals surface area (Å²) in [5.74, 6) is 0. The summed E-state index contributed by atoms with van der Waals surface area (Å²) < 4.78 is 24.8. The molecule has 0 aliphatic heterocycles. The average molecular weight is 835 g/mol. The number of aliphatic hydroxyl groups is 10. The summed E-state index contributed by atoms with van der Waals surface area (Å²) in [6.45, 7) is 18.5. The Morgan fingerprint density at radius 2 is 0.396 bits per heavy atom. The van der Waals surface area contributed by atoms with Crippen LogP contribution in [0.2, 0.25) is 0 Å². The zero-order valence-electron chi connectivity index (χ0n) is 32.9. The molecule has 0 rings (SSSR count). The second-order valence-electron chi connectivity index (χ2n) is 11.4. The molecule has 0 bridgehead atoms. The molecule has 0 aromatic carbocycles. The summed E-state index contributed by atoms with van der Waals surface area (Å²) >= 11 is 0. The molecule has 10 atom stereocenters. The number of hydrogen-bond donors (Lipinski definition) is 16. The zero-order chi connectivity index (χ0) is 43.5. The Hall–Kier alpha value is 0.0200. The first-order chi connectivity index (χ1) is 24.3. The van der Waals surface area contributed by atoms with Crippen LogP contribution in [0.4, 0.5) is 0 Å². The van der Waals surface area contributed by atoms with E-state index in [1.54, 1.807) is 69.2 Å². The maximum Gasteiger partial charge on any atom is 0.324 e. The van der Waals surface area contributed by atoms with Gasteiger partial charge in [0.05, 0.1) is 127 Å². The monoisotopic (exact) mass is 834 g/mol. The molecule has 0 spiro atoms. The smallest absolute Gasteiger partial charge is 0.324 e. The van der Waals surface area contributed by atoms with Crippen LogP contribution in [0, 0.1) is 0 Å². The summed E-state index contributed by atoms with van der Waals surface area (Å²) in [5, 5.41) is 85.7. The van der Waals surface area contributed by atoms with Crippen molar-refractivity contribution in [2.45, 2.75) is 130 Å². The molecule has 0 aliphatic carbocycles. The van der Waals surface area contributed by atoms with Crippen LogP contribution in [-0.2, 0) is 23.7 Å². The van der Waals surface area contributed by atoms with Gasteiger partial charge in [0.1, 0.15) is 0 Å². The van der Waals surface area contributed by atoms with E-state index in [0.717, 1.165) is 0 Å². The van der Waals surface area contributed by atoms with Gasteiger partial charge < -0.3 is 104 Å². The molecule has 0 aromatic heterocycles. The minimum Gasteiger partial charge on any atom is -0.394 e. The van der Waals surface area contributed by atoms with Crippen LogP contribution in [0.25, 0.3) is 0 Å². The van der Waals surface area contributed by atoms with Crippen molar-refractivity contribution in [2.24, 2.45) is 0 Å². The molecule has 53 heavy (non-hydrogen) atoms. The third-order valence-corrected chi connectivity index (χ3v) is 4.40. The largest absolute Gasteiger partial charge is 0.394 e. The second kappa shape index (κ2) is 52.0. The maximum atomic E-state index is 8.69. The van der Waals surface area contributed by atoms with E-state index in [-0.39, 0.29) is 63.6 Å². The Kier molecular flexibility index (Phi) is 66.5. The molecule has 0 saturated carbocycles. The van der Waals surface area contributed by atoms with Crippen molar-refractivity contribution in [3.05, 3.63) is 0 Å². The standard InChI is InChI=1S/5C6H14O3.2H3O3P/c5*1-5(8)4-9-6(2)3-7;2*1-4(2)3/h5*5-8H,3-4H2,1-2H3;2*1-3H. The van der Waals surface area contributed by atoms with Crippen LogP contribution in [0.5, 0.6) is 0 Å². The van der Waals surface area contributed by atoms with Gasteiger partial charge in [-0.1, -0.05) is 0 Å². The zero-order valence-corrected chi connectivity index (χ0v) is 34.7. The minimum absolute atomic E-state index is 0.00667. The van der Waals surface area contributed by atoms with Gasteiger partial charge in [-0.3, -0.25) is 0 Å². The lowest BCUT2D eigenvalue weighted by Crippen LogP contribution is -2.19. The van der Waals surface area contributed by atoms with Crippen molar-refractivity contribution >= 4 is 17.2 Å². The fourth-order valence-electron chi connectivity index (χ4n) is 1.78. The fourth-order valence-corrected chi connectivity index (χ4v) is 1.78. The molecular formula is C30H76O21P2. The van der Waals surface area contributed by atoms with Crippen molar-refractivity contribution in [3.8, 4) is 0 Å². The van der Waals surface area contributed by atoms with Crippen molar-refractivity contribution in [2.75, 3.05) is 66.1 Å². The summed E-state index contributed by atoms with van der Waals surface area (Å²) in [4.78, 5) is 43.4. The van der Waals surface area contributed by atoms with Crippen LogP contribution >= 0.6 is 17.2 Å². The van der Waals surface area contributed by atoms with Gasteiger partial charge in [0.2, 0.25) is 0 Å². The topological polar surface area (TPSA) is 370 Å². The van der Waals surface area contributed by atoms with Crippen molar-refractivity contribution in [3.63, 3.8) is 0 Å². The molecule has 0 saturated heterocycles. The maximum absolute atomic E-state index is 8.69. The Labute approximate surface area is 317 Å². The van der Waals surface area contributed by atoms with E-state index in [1.807, 2.05) is 0 Å².